The van der Waals surface area contributed by atoms with Crippen LogP contribution in [0.4, 0.5) is 0 Å². The zero-order valence-corrected chi connectivity index (χ0v) is 17.9. The normalized spacial score (nSPS) is 15.7. The number of rotatable bonds is 11. The molecule has 6 N–H and O–H groups in total. The van der Waals surface area contributed by atoms with Crippen LogP contribution in [-0.2, 0) is 19.2 Å². The number of carboxylic acids is 1. The minimum Gasteiger partial charge on any atom is -0.480 e. The molecule has 0 bridgehead atoms. The molecule has 0 rings (SSSR count). The van der Waals surface area contributed by atoms with Crippen LogP contribution in [0.2, 0.25) is 0 Å². The Kier molecular flexibility index (Phi) is 10.7. The summed E-state index contributed by atoms with van der Waals surface area (Å²) >= 11 is 0. The molecule has 0 aromatic heterocycles. The van der Waals surface area contributed by atoms with Crippen LogP contribution >= 0.6 is 0 Å². The number of nitrogens with two attached hydrogens (primary N) is 1. The lowest BCUT2D eigenvalue weighted by Crippen LogP contribution is -2.58. The maximum Gasteiger partial charge on any atom is 0.326 e. The highest BCUT2D eigenvalue weighted by atomic mass is 16.4. The SMILES string of the molecule is CC(C)CC(N)C(=O)NC(C)C(=O)NC(C(=O)NC(C(=O)O)C(C)C)C(C)C. The van der Waals surface area contributed by atoms with Crippen molar-refractivity contribution >= 4 is 23.7 Å². The van der Waals surface area contributed by atoms with Crippen molar-refractivity contribution < 1.29 is 24.3 Å². The van der Waals surface area contributed by atoms with E-state index in [0.29, 0.717) is 6.42 Å². The minimum atomic E-state index is -1.14. The largest absolute Gasteiger partial charge is 0.480 e. The van der Waals surface area contributed by atoms with Crippen molar-refractivity contribution in [2.45, 2.75) is 79.1 Å². The van der Waals surface area contributed by atoms with E-state index in [2.05, 4.69) is 16.0 Å². The fourth-order valence-electron chi connectivity index (χ4n) is 2.57. The van der Waals surface area contributed by atoms with E-state index < -0.39 is 47.9 Å². The number of aliphatic carboxylic acids is 1. The van der Waals surface area contributed by atoms with Gasteiger partial charge in [-0.3, -0.25) is 14.4 Å². The van der Waals surface area contributed by atoms with Gasteiger partial charge in [-0.1, -0.05) is 41.5 Å². The highest BCUT2D eigenvalue weighted by Crippen LogP contribution is 2.07. The second kappa shape index (κ2) is 11.6. The molecule has 4 unspecified atom stereocenters. The Morgan fingerprint density at radius 2 is 1.21 bits per heavy atom. The molecule has 0 fully saturated rings. The first-order chi connectivity index (χ1) is 12.8. The third-order valence-corrected chi connectivity index (χ3v) is 4.29. The summed E-state index contributed by atoms with van der Waals surface area (Å²) in [6.07, 6.45) is 0.489. The lowest BCUT2D eigenvalue weighted by atomic mass is 10.00. The smallest absolute Gasteiger partial charge is 0.326 e. The third kappa shape index (κ3) is 8.69. The summed E-state index contributed by atoms with van der Waals surface area (Å²) in [5, 5.41) is 16.8. The molecule has 0 saturated carbocycles. The maximum atomic E-state index is 12.5. The molecule has 0 aliphatic heterocycles. The Hall–Kier alpha value is -2.16. The van der Waals surface area contributed by atoms with Crippen molar-refractivity contribution in [1.82, 2.24) is 16.0 Å². The fourth-order valence-corrected chi connectivity index (χ4v) is 2.57. The minimum absolute atomic E-state index is 0.238. The van der Waals surface area contributed by atoms with Crippen molar-refractivity contribution in [3.05, 3.63) is 0 Å². The van der Waals surface area contributed by atoms with E-state index >= 15 is 0 Å². The monoisotopic (exact) mass is 400 g/mol. The number of hydrogen-bond acceptors (Lipinski definition) is 5. The van der Waals surface area contributed by atoms with Gasteiger partial charge in [-0.15, -0.1) is 0 Å². The van der Waals surface area contributed by atoms with Crippen molar-refractivity contribution in [3.8, 4) is 0 Å². The fraction of sp³-hybridized carbons (Fsp3) is 0.789. The Morgan fingerprint density at radius 1 is 0.750 bits per heavy atom. The summed E-state index contributed by atoms with van der Waals surface area (Å²) in [6.45, 7) is 12.2. The third-order valence-electron chi connectivity index (χ3n) is 4.29. The lowest BCUT2D eigenvalue weighted by molar-refractivity contribution is -0.143. The molecule has 4 atom stereocenters. The van der Waals surface area contributed by atoms with E-state index in [4.69, 9.17) is 5.73 Å². The van der Waals surface area contributed by atoms with Gasteiger partial charge >= 0.3 is 5.97 Å². The van der Waals surface area contributed by atoms with Gasteiger partial charge in [0.25, 0.3) is 0 Å². The van der Waals surface area contributed by atoms with E-state index in [1.54, 1.807) is 27.7 Å². The molecule has 3 amide bonds. The molecular formula is C19H36N4O5. The number of carbonyl (C=O) groups excluding carboxylic acids is 3. The first kappa shape index (κ1) is 25.8. The average molecular weight is 401 g/mol. The molecule has 0 spiro atoms. The van der Waals surface area contributed by atoms with Crippen LogP contribution in [0.3, 0.4) is 0 Å². The first-order valence-electron chi connectivity index (χ1n) is 9.67. The van der Waals surface area contributed by atoms with Crippen LogP contribution in [0, 0.1) is 17.8 Å². The summed E-state index contributed by atoms with van der Waals surface area (Å²) < 4.78 is 0. The van der Waals surface area contributed by atoms with E-state index in [1.807, 2.05) is 13.8 Å². The highest BCUT2D eigenvalue weighted by Gasteiger charge is 2.31. The second-order valence-corrected chi connectivity index (χ2v) is 8.27. The van der Waals surface area contributed by atoms with Gasteiger partial charge in [0.15, 0.2) is 0 Å². The number of amides is 3. The molecule has 0 aliphatic rings. The summed E-state index contributed by atoms with van der Waals surface area (Å²) in [5.74, 6) is -3.07. The lowest BCUT2D eigenvalue weighted by Gasteiger charge is -2.27. The van der Waals surface area contributed by atoms with E-state index in [1.165, 1.54) is 6.92 Å². The predicted molar refractivity (Wildman–Crippen MR) is 106 cm³/mol. The average Bonchev–Trinajstić information content (AvgIpc) is 2.55. The molecule has 0 radical (unpaired) electrons. The molecule has 162 valence electrons. The first-order valence-corrected chi connectivity index (χ1v) is 9.67. The highest BCUT2D eigenvalue weighted by molar-refractivity contribution is 5.94. The standard InChI is InChI=1S/C19H36N4O5/c1-9(2)8-13(20)17(25)21-12(7)16(24)22-14(10(3)4)18(26)23-15(11(5)6)19(27)28/h9-15H,8,20H2,1-7H3,(H,21,25)(H,22,24)(H,23,26)(H,27,28). The molecule has 0 aromatic rings. The van der Waals surface area contributed by atoms with Crippen molar-refractivity contribution in [2.24, 2.45) is 23.5 Å². The maximum absolute atomic E-state index is 12.5. The molecule has 0 aromatic carbocycles. The van der Waals surface area contributed by atoms with Gasteiger partial charge in [-0.05, 0) is 31.1 Å². The molecule has 28 heavy (non-hydrogen) atoms. The van der Waals surface area contributed by atoms with Crippen molar-refractivity contribution in [3.63, 3.8) is 0 Å². The van der Waals surface area contributed by atoms with Crippen LogP contribution in [0.25, 0.3) is 0 Å². The van der Waals surface area contributed by atoms with Crippen LogP contribution in [0.1, 0.15) is 54.9 Å². The zero-order chi connectivity index (χ0) is 22.2. The molecular weight excluding hydrogens is 364 g/mol. The van der Waals surface area contributed by atoms with Crippen LogP contribution in [-0.4, -0.2) is 53.0 Å². The molecule has 0 aliphatic carbocycles. The predicted octanol–water partition coefficient (Wildman–Crippen LogP) is 0.231. The Labute approximate surface area is 167 Å². The Balaban J connectivity index is 4.99. The number of carbonyl (C=O) groups is 4. The van der Waals surface area contributed by atoms with Gasteiger partial charge in [0, 0.05) is 0 Å². The summed E-state index contributed by atoms with van der Waals surface area (Å²) in [5.41, 5.74) is 5.81. The van der Waals surface area contributed by atoms with Gasteiger partial charge in [-0.25, -0.2) is 4.79 Å². The van der Waals surface area contributed by atoms with E-state index in [-0.39, 0.29) is 17.8 Å². The van der Waals surface area contributed by atoms with E-state index in [0.717, 1.165) is 0 Å². The summed E-state index contributed by atoms with van der Waals surface area (Å²) in [6, 6.07) is -3.60. The number of carboxylic acid groups (broad SMARTS) is 1. The van der Waals surface area contributed by atoms with Crippen LogP contribution in [0.5, 0.6) is 0 Å². The van der Waals surface area contributed by atoms with Crippen LogP contribution < -0.4 is 21.7 Å². The second-order valence-electron chi connectivity index (χ2n) is 8.27. The van der Waals surface area contributed by atoms with Crippen LogP contribution in [0.15, 0.2) is 0 Å². The summed E-state index contributed by atoms with van der Waals surface area (Å²) in [7, 11) is 0. The van der Waals surface area contributed by atoms with Gasteiger partial charge < -0.3 is 26.8 Å². The molecule has 0 heterocycles. The van der Waals surface area contributed by atoms with E-state index in [9.17, 15) is 24.3 Å². The van der Waals surface area contributed by atoms with Gasteiger partial charge in [-0.2, -0.15) is 0 Å². The number of nitrogens with one attached hydrogen (secondary N) is 3. The zero-order valence-electron chi connectivity index (χ0n) is 17.9. The Bertz CT molecular complexity index is 563. The number of hydrogen-bond donors (Lipinski definition) is 5. The summed E-state index contributed by atoms with van der Waals surface area (Å²) in [4.78, 5) is 48.3. The Morgan fingerprint density at radius 3 is 1.61 bits per heavy atom. The quantitative estimate of drug-likeness (QED) is 0.335. The molecule has 0 saturated heterocycles. The molecule has 9 nitrogen and oxygen atoms in total. The topological polar surface area (TPSA) is 151 Å². The van der Waals surface area contributed by atoms with Gasteiger partial charge in [0.05, 0.1) is 6.04 Å². The van der Waals surface area contributed by atoms with Crippen molar-refractivity contribution in [1.29, 1.82) is 0 Å². The van der Waals surface area contributed by atoms with Gasteiger partial charge in [0.1, 0.15) is 18.1 Å². The molecule has 9 heteroatoms. The van der Waals surface area contributed by atoms with Crippen molar-refractivity contribution in [2.75, 3.05) is 0 Å². The van der Waals surface area contributed by atoms with Gasteiger partial charge in [0.2, 0.25) is 17.7 Å².